The van der Waals surface area contributed by atoms with E-state index < -0.39 is 5.41 Å². The van der Waals surface area contributed by atoms with Crippen molar-refractivity contribution in [3.63, 3.8) is 0 Å². The van der Waals surface area contributed by atoms with Crippen LogP contribution < -0.4 is 5.56 Å². The normalized spacial score (nSPS) is 11.6. The summed E-state index contributed by atoms with van der Waals surface area (Å²) in [7, 11) is 0. The van der Waals surface area contributed by atoms with Crippen LogP contribution in [0.15, 0.2) is 53.3 Å². The van der Waals surface area contributed by atoms with E-state index in [9.17, 15) is 9.90 Å². The van der Waals surface area contributed by atoms with Crippen LogP contribution in [-0.2, 0) is 5.41 Å². The Morgan fingerprint density at radius 2 is 1.48 bits per heavy atom. The second kappa shape index (κ2) is 7.06. The highest BCUT2D eigenvalue weighted by atomic mass is 35.5. The predicted octanol–water partition coefficient (Wildman–Crippen LogP) is 6.12. The van der Waals surface area contributed by atoms with Crippen LogP contribution in [0.1, 0.15) is 32.0 Å². The highest BCUT2D eigenvalue weighted by Gasteiger charge is 2.29. The second-order valence-corrected chi connectivity index (χ2v) is 8.43. The zero-order valence-electron chi connectivity index (χ0n) is 15.7. The average Bonchev–Trinajstić information content (AvgIpc) is 2.59. The third kappa shape index (κ3) is 3.62. The van der Waals surface area contributed by atoms with E-state index in [1.54, 1.807) is 28.8 Å². The third-order valence-corrected chi connectivity index (χ3v) is 5.04. The molecule has 1 heterocycles. The Hall–Kier alpha value is -2.23. The molecule has 0 radical (unpaired) electrons. The quantitative estimate of drug-likeness (QED) is 0.561. The maximum atomic E-state index is 13.5. The van der Waals surface area contributed by atoms with E-state index in [0.717, 1.165) is 5.56 Å². The monoisotopic (exact) mass is 401 g/mol. The number of pyridine rings is 1. The fourth-order valence-electron chi connectivity index (χ4n) is 3.12. The van der Waals surface area contributed by atoms with Gasteiger partial charge in [0.1, 0.15) is 10.8 Å². The summed E-state index contributed by atoms with van der Waals surface area (Å²) in [5, 5.41) is 11.5. The summed E-state index contributed by atoms with van der Waals surface area (Å²) in [5.41, 5.74) is 2.26. The molecule has 3 aromatic rings. The van der Waals surface area contributed by atoms with Crippen LogP contribution >= 0.6 is 23.2 Å². The van der Waals surface area contributed by atoms with Gasteiger partial charge in [0.25, 0.3) is 5.56 Å². The van der Waals surface area contributed by atoms with Crippen LogP contribution in [0.25, 0.3) is 16.8 Å². The Morgan fingerprint density at radius 3 is 2.00 bits per heavy atom. The number of rotatable bonds is 2. The summed E-state index contributed by atoms with van der Waals surface area (Å²) in [6.07, 6.45) is 0. The van der Waals surface area contributed by atoms with Crippen molar-refractivity contribution in [2.75, 3.05) is 0 Å². The van der Waals surface area contributed by atoms with Gasteiger partial charge in [-0.05, 0) is 36.8 Å². The Labute approximate surface area is 168 Å². The van der Waals surface area contributed by atoms with Crippen LogP contribution in [0, 0.1) is 6.92 Å². The lowest BCUT2D eigenvalue weighted by atomic mass is 9.89. The van der Waals surface area contributed by atoms with Gasteiger partial charge in [0.2, 0.25) is 0 Å². The van der Waals surface area contributed by atoms with Crippen LogP contribution in [0.4, 0.5) is 0 Å². The van der Waals surface area contributed by atoms with E-state index in [0.29, 0.717) is 22.0 Å². The van der Waals surface area contributed by atoms with E-state index >= 15 is 0 Å². The molecule has 0 unspecified atom stereocenters. The van der Waals surface area contributed by atoms with E-state index in [1.165, 1.54) is 0 Å². The highest BCUT2D eigenvalue weighted by molar-refractivity contribution is 6.33. The number of aromatic nitrogens is 1. The molecule has 140 valence electrons. The minimum Gasteiger partial charge on any atom is -0.505 e. The van der Waals surface area contributed by atoms with Gasteiger partial charge in [-0.3, -0.25) is 9.36 Å². The maximum absolute atomic E-state index is 13.5. The van der Waals surface area contributed by atoms with Crippen molar-refractivity contribution in [3.05, 3.63) is 80.2 Å². The molecular weight excluding hydrogens is 381 g/mol. The first-order valence-electron chi connectivity index (χ1n) is 8.62. The Balaban J connectivity index is 2.44. The number of aromatic hydroxyl groups is 1. The van der Waals surface area contributed by atoms with Gasteiger partial charge in [-0.25, -0.2) is 0 Å². The zero-order valence-corrected chi connectivity index (χ0v) is 17.2. The third-order valence-electron chi connectivity index (χ3n) is 4.43. The van der Waals surface area contributed by atoms with Crippen LogP contribution in [0.2, 0.25) is 10.0 Å². The van der Waals surface area contributed by atoms with Gasteiger partial charge in [-0.1, -0.05) is 73.8 Å². The molecule has 3 rings (SSSR count). The Morgan fingerprint density at radius 1 is 0.926 bits per heavy atom. The summed E-state index contributed by atoms with van der Waals surface area (Å²) < 4.78 is 1.56. The van der Waals surface area contributed by atoms with Crippen LogP contribution in [-0.4, -0.2) is 9.67 Å². The molecule has 0 atom stereocenters. The van der Waals surface area contributed by atoms with Gasteiger partial charge in [0.15, 0.2) is 0 Å². The average molecular weight is 402 g/mol. The summed E-state index contributed by atoms with van der Waals surface area (Å²) in [6, 6.07) is 14.4. The molecule has 0 bridgehead atoms. The molecule has 2 aromatic carbocycles. The molecule has 0 aliphatic rings. The molecular formula is C22H21Cl2NO2. The molecule has 0 saturated carbocycles. The number of nitrogens with zero attached hydrogens (tertiary/aromatic N) is 1. The highest BCUT2D eigenvalue weighted by Crippen LogP contribution is 2.40. The molecule has 0 saturated heterocycles. The molecule has 1 N–H and O–H groups in total. The van der Waals surface area contributed by atoms with Crippen molar-refractivity contribution in [2.45, 2.75) is 33.1 Å². The number of hydrogen-bond acceptors (Lipinski definition) is 2. The van der Waals surface area contributed by atoms with Crippen molar-refractivity contribution >= 4 is 23.2 Å². The lowest BCUT2D eigenvalue weighted by Gasteiger charge is -2.27. The van der Waals surface area contributed by atoms with Crippen molar-refractivity contribution in [3.8, 4) is 22.6 Å². The first-order valence-corrected chi connectivity index (χ1v) is 9.38. The van der Waals surface area contributed by atoms with Gasteiger partial charge in [-0.2, -0.15) is 0 Å². The fraction of sp³-hybridized carbons (Fsp3) is 0.227. The molecule has 3 nitrogen and oxygen atoms in total. The van der Waals surface area contributed by atoms with E-state index in [4.69, 9.17) is 23.2 Å². The molecule has 0 fully saturated rings. The Bertz CT molecular complexity index is 1040. The fourth-order valence-corrected chi connectivity index (χ4v) is 3.70. The molecule has 0 spiro atoms. The van der Waals surface area contributed by atoms with E-state index in [2.05, 4.69) is 0 Å². The minimum absolute atomic E-state index is 0.174. The van der Waals surface area contributed by atoms with E-state index in [1.807, 2.05) is 52.0 Å². The van der Waals surface area contributed by atoms with Gasteiger partial charge < -0.3 is 5.11 Å². The topological polar surface area (TPSA) is 42.2 Å². The summed E-state index contributed by atoms with van der Waals surface area (Å²) in [4.78, 5) is 13.5. The Kier molecular flexibility index (Phi) is 5.11. The van der Waals surface area contributed by atoms with Gasteiger partial charge in [-0.15, -0.1) is 0 Å². The number of hydrogen-bond donors (Lipinski definition) is 1. The maximum Gasteiger partial charge on any atom is 0.267 e. The molecule has 0 aliphatic heterocycles. The van der Waals surface area contributed by atoms with Crippen molar-refractivity contribution in [1.29, 1.82) is 0 Å². The van der Waals surface area contributed by atoms with Crippen molar-refractivity contribution in [2.24, 2.45) is 0 Å². The second-order valence-electron chi connectivity index (χ2n) is 7.62. The molecule has 27 heavy (non-hydrogen) atoms. The first-order chi connectivity index (χ1) is 12.6. The predicted molar refractivity (Wildman–Crippen MR) is 113 cm³/mol. The lowest BCUT2D eigenvalue weighted by Crippen LogP contribution is -2.30. The van der Waals surface area contributed by atoms with Crippen molar-refractivity contribution < 1.29 is 5.11 Å². The zero-order chi connectivity index (χ0) is 19.9. The molecule has 5 heteroatoms. The van der Waals surface area contributed by atoms with Crippen LogP contribution in [0.3, 0.4) is 0 Å². The van der Waals surface area contributed by atoms with Gasteiger partial charge >= 0.3 is 0 Å². The number of aryl methyl sites for hydroxylation is 1. The molecule has 0 aliphatic carbocycles. The first kappa shape index (κ1) is 19.5. The van der Waals surface area contributed by atoms with Crippen LogP contribution in [0.5, 0.6) is 5.75 Å². The van der Waals surface area contributed by atoms with Gasteiger partial charge in [0.05, 0.1) is 11.3 Å². The summed E-state index contributed by atoms with van der Waals surface area (Å²) >= 11 is 12.6. The minimum atomic E-state index is -0.473. The standard InChI is InChI=1S/C22H21Cl2NO2/c1-13-5-7-14(8-6-13)17-19(26)18(24)20(22(2,3)4)25(21(17)27)16-11-9-15(23)10-12-16/h5-12,26H,1-4H3. The van der Waals surface area contributed by atoms with E-state index in [-0.39, 0.29) is 21.9 Å². The summed E-state index contributed by atoms with van der Waals surface area (Å²) in [6.45, 7) is 7.81. The molecule has 1 aromatic heterocycles. The lowest BCUT2D eigenvalue weighted by molar-refractivity contribution is 0.466. The molecule has 0 amide bonds. The van der Waals surface area contributed by atoms with Gasteiger partial charge in [0, 0.05) is 16.1 Å². The smallest absolute Gasteiger partial charge is 0.267 e. The van der Waals surface area contributed by atoms with Crippen molar-refractivity contribution in [1.82, 2.24) is 4.57 Å². The number of halogens is 2. The number of benzene rings is 2. The SMILES string of the molecule is Cc1ccc(-c2c(O)c(Cl)c(C(C)(C)C)n(-c3ccc(Cl)cc3)c2=O)cc1. The summed E-state index contributed by atoms with van der Waals surface area (Å²) in [5.74, 6) is -0.194. The largest absolute Gasteiger partial charge is 0.505 e.